The molecular formula is C32H48O3. The van der Waals surface area contributed by atoms with Gasteiger partial charge in [0.2, 0.25) is 0 Å². The number of carbonyl (C=O) groups excluding carboxylic acids is 1. The topological polar surface area (TPSA) is 46.5 Å². The molecule has 2 rings (SSSR count). The van der Waals surface area contributed by atoms with Crippen molar-refractivity contribution in [3.8, 4) is 5.75 Å². The number of benzene rings is 2. The molecular weight excluding hydrogens is 432 g/mol. The minimum absolute atomic E-state index is 0.203. The number of esters is 1. The Balaban J connectivity index is 2.14. The Morgan fingerprint density at radius 1 is 0.800 bits per heavy atom. The molecule has 0 heterocycles. The first kappa shape index (κ1) is 28.9. The molecule has 0 aliphatic rings. The van der Waals surface area contributed by atoms with Crippen LogP contribution in [0.25, 0.3) is 16.3 Å². The Labute approximate surface area is 214 Å². The lowest BCUT2D eigenvalue weighted by atomic mass is 9.88. The highest BCUT2D eigenvalue weighted by Crippen LogP contribution is 2.34. The molecule has 0 unspecified atom stereocenters. The third-order valence-corrected chi connectivity index (χ3v) is 7.06. The molecule has 0 fully saturated rings. The number of allylic oxidation sites excluding steroid dienone is 1. The molecule has 2 aromatic carbocycles. The number of hydrogen-bond donors (Lipinski definition) is 1. The fourth-order valence-electron chi connectivity index (χ4n) is 4.92. The van der Waals surface area contributed by atoms with Gasteiger partial charge in [-0.3, -0.25) is 0 Å². The SMILES string of the molecule is CCCCCCCCCCCCc1c(/C(CC)=C(\C)C(=O)OCCCC)ccc2cc(O)ccc12. The molecule has 0 radical (unpaired) electrons. The van der Waals surface area contributed by atoms with Gasteiger partial charge in [0, 0.05) is 5.57 Å². The summed E-state index contributed by atoms with van der Waals surface area (Å²) in [4.78, 5) is 12.7. The van der Waals surface area contributed by atoms with Crippen LogP contribution in [0.3, 0.4) is 0 Å². The molecule has 3 nitrogen and oxygen atoms in total. The van der Waals surface area contributed by atoms with Gasteiger partial charge < -0.3 is 9.84 Å². The number of phenols is 1. The fourth-order valence-corrected chi connectivity index (χ4v) is 4.92. The number of aryl methyl sites for hydroxylation is 1. The first-order valence-corrected chi connectivity index (χ1v) is 14.1. The summed E-state index contributed by atoms with van der Waals surface area (Å²) in [6, 6.07) is 9.84. The quantitative estimate of drug-likeness (QED) is 0.139. The maximum absolute atomic E-state index is 12.7. The van der Waals surface area contributed by atoms with E-state index in [-0.39, 0.29) is 11.7 Å². The largest absolute Gasteiger partial charge is 0.508 e. The van der Waals surface area contributed by atoms with Crippen LogP contribution in [-0.2, 0) is 16.0 Å². The number of carbonyl (C=O) groups is 1. The summed E-state index contributed by atoms with van der Waals surface area (Å²) in [5.74, 6) is 0.0862. The van der Waals surface area contributed by atoms with Crippen LogP contribution >= 0.6 is 0 Å². The minimum atomic E-state index is -0.203. The first-order chi connectivity index (χ1) is 17.0. The van der Waals surface area contributed by atoms with Gasteiger partial charge in [0.05, 0.1) is 6.61 Å². The van der Waals surface area contributed by atoms with Crippen molar-refractivity contribution < 1.29 is 14.6 Å². The number of ether oxygens (including phenoxy) is 1. The van der Waals surface area contributed by atoms with E-state index in [9.17, 15) is 9.90 Å². The second kappa shape index (κ2) is 16.4. The molecule has 0 spiro atoms. The molecule has 35 heavy (non-hydrogen) atoms. The molecule has 0 bridgehead atoms. The van der Waals surface area contributed by atoms with Gasteiger partial charge in [0.15, 0.2) is 0 Å². The van der Waals surface area contributed by atoms with Gasteiger partial charge in [0.25, 0.3) is 0 Å². The standard InChI is InChI=1S/C32H48O3/c1-5-8-10-11-12-13-14-15-16-17-18-30-29-22-20-27(33)24-26(29)19-21-31(30)28(7-3)25(4)32(34)35-23-9-6-2/h19-22,24,33H,5-18,23H2,1-4H3/b28-25+. The summed E-state index contributed by atoms with van der Waals surface area (Å²) < 4.78 is 5.53. The van der Waals surface area contributed by atoms with E-state index < -0.39 is 0 Å². The highest BCUT2D eigenvalue weighted by molar-refractivity contribution is 5.99. The van der Waals surface area contributed by atoms with Crippen molar-refractivity contribution >= 4 is 22.3 Å². The second-order valence-corrected chi connectivity index (χ2v) is 9.88. The zero-order valence-electron chi connectivity index (χ0n) is 22.8. The number of aromatic hydroxyl groups is 1. The lowest BCUT2D eigenvalue weighted by Gasteiger charge is -2.18. The highest BCUT2D eigenvalue weighted by atomic mass is 16.5. The molecule has 3 heteroatoms. The molecule has 0 amide bonds. The highest BCUT2D eigenvalue weighted by Gasteiger charge is 2.17. The lowest BCUT2D eigenvalue weighted by molar-refractivity contribution is -0.139. The third kappa shape index (κ3) is 9.35. The van der Waals surface area contributed by atoms with E-state index in [1.165, 1.54) is 68.7 Å². The second-order valence-electron chi connectivity index (χ2n) is 9.88. The Kier molecular flexibility index (Phi) is 13.6. The summed E-state index contributed by atoms with van der Waals surface area (Å²) in [7, 11) is 0. The summed E-state index contributed by atoms with van der Waals surface area (Å²) in [5, 5.41) is 12.2. The number of hydrogen-bond acceptors (Lipinski definition) is 3. The molecule has 1 N–H and O–H groups in total. The van der Waals surface area contributed by atoms with E-state index in [2.05, 4.69) is 32.9 Å². The zero-order valence-corrected chi connectivity index (χ0v) is 22.8. The minimum Gasteiger partial charge on any atom is -0.508 e. The predicted molar refractivity (Wildman–Crippen MR) is 150 cm³/mol. The van der Waals surface area contributed by atoms with Crippen LogP contribution in [-0.4, -0.2) is 17.7 Å². The summed E-state index contributed by atoms with van der Waals surface area (Å²) in [6.07, 6.45) is 16.8. The molecule has 0 atom stereocenters. The van der Waals surface area contributed by atoms with Gasteiger partial charge >= 0.3 is 5.97 Å². The van der Waals surface area contributed by atoms with Crippen LogP contribution in [0.15, 0.2) is 35.9 Å². The lowest BCUT2D eigenvalue weighted by Crippen LogP contribution is -2.10. The Morgan fingerprint density at radius 2 is 1.43 bits per heavy atom. The van der Waals surface area contributed by atoms with Crippen LogP contribution in [0.1, 0.15) is 122 Å². The molecule has 0 aliphatic carbocycles. The van der Waals surface area contributed by atoms with Crippen molar-refractivity contribution in [2.75, 3.05) is 6.61 Å². The summed E-state index contributed by atoms with van der Waals surface area (Å²) in [5.41, 5.74) is 4.24. The van der Waals surface area contributed by atoms with Crippen LogP contribution in [0.4, 0.5) is 0 Å². The van der Waals surface area contributed by atoms with Gasteiger partial charge in [-0.1, -0.05) is 103 Å². The Hall–Kier alpha value is -2.29. The maximum atomic E-state index is 12.7. The Bertz CT molecular complexity index is 941. The van der Waals surface area contributed by atoms with Gasteiger partial charge in [-0.15, -0.1) is 0 Å². The normalized spacial score (nSPS) is 12.1. The van der Waals surface area contributed by atoms with Crippen molar-refractivity contribution in [2.24, 2.45) is 0 Å². The average Bonchev–Trinajstić information content (AvgIpc) is 2.86. The van der Waals surface area contributed by atoms with E-state index in [0.717, 1.165) is 48.6 Å². The Morgan fingerprint density at radius 3 is 2.06 bits per heavy atom. The van der Waals surface area contributed by atoms with Crippen molar-refractivity contribution in [2.45, 2.75) is 118 Å². The number of rotatable bonds is 17. The predicted octanol–water partition coefficient (Wildman–Crippen LogP) is 9.54. The van der Waals surface area contributed by atoms with Gasteiger partial charge in [-0.05, 0) is 72.2 Å². The zero-order chi connectivity index (χ0) is 25.5. The average molecular weight is 481 g/mol. The summed E-state index contributed by atoms with van der Waals surface area (Å²) in [6.45, 7) is 8.86. The van der Waals surface area contributed by atoms with E-state index in [4.69, 9.17) is 4.74 Å². The van der Waals surface area contributed by atoms with Gasteiger partial charge in [0.1, 0.15) is 5.75 Å². The number of unbranched alkanes of at least 4 members (excludes halogenated alkanes) is 10. The summed E-state index contributed by atoms with van der Waals surface area (Å²) >= 11 is 0. The fraction of sp³-hybridized carbons (Fsp3) is 0.594. The van der Waals surface area contributed by atoms with Crippen molar-refractivity contribution in [3.63, 3.8) is 0 Å². The van der Waals surface area contributed by atoms with Crippen molar-refractivity contribution in [3.05, 3.63) is 47.0 Å². The van der Waals surface area contributed by atoms with E-state index in [1.54, 1.807) is 6.07 Å². The van der Waals surface area contributed by atoms with Gasteiger partial charge in [-0.25, -0.2) is 4.79 Å². The number of fused-ring (bicyclic) bond motifs is 1. The van der Waals surface area contributed by atoms with E-state index >= 15 is 0 Å². The molecule has 0 saturated carbocycles. The van der Waals surface area contributed by atoms with Crippen LogP contribution in [0.2, 0.25) is 0 Å². The third-order valence-electron chi connectivity index (χ3n) is 7.06. The molecule has 194 valence electrons. The van der Waals surface area contributed by atoms with E-state index in [0.29, 0.717) is 12.2 Å². The van der Waals surface area contributed by atoms with Crippen LogP contribution in [0.5, 0.6) is 5.75 Å². The van der Waals surface area contributed by atoms with Crippen molar-refractivity contribution in [1.82, 2.24) is 0 Å². The van der Waals surface area contributed by atoms with Gasteiger partial charge in [-0.2, -0.15) is 0 Å². The van der Waals surface area contributed by atoms with Crippen LogP contribution in [0, 0.1) is 0 Å². The maximum Gasteiger partial charge on any atom is 0.334 e. The molecule has 0 aromatic heterocycles. The smallest absolute Gasteiger partial charge is 0.334 e. The first-order valence-electron chi connectivity index (χ1n) is 14.1. The van der Waals surface area contributed by atoms with E-state index in [1.807, 2.05) is 19.1 Å². The molecule has 0 aliphatic heterocycles. The molecule has 2 aromatic rings. The molecule has 0 saturated heterocycles. The number of phenolic OH excluding ortho intramolecular Hbond substituents is 1. The monoisotopic (exact) mass is 480 g/mol. The van der Waals surface area contributed by atoms with Crippen molar-refractivity contribution in [1.29, 1.82) is 0 Å². The van der Waals surface area contributed by atoms with Crippen LogP contribution < -0.4 is 0 Å².